The van der Waals surface area contributed by atoms with Gasteiger partial charge in [0.15, 0.2) is 17.3 Å². The number of methoxy groups -OCH3 is 1. The van der Waals surface area contributed by atoms with Crippen molar-refractivity contribution >= 4 is 17.4 Å². The molecule has 1 aromatic carbocycles. The van der Waals surface area contributed by atoms with Gasteiger partial charge in [-0.2, -0.15) is 0 Å². The number of likely N-dealkylation sites (N-methyl/N-ethyl adjacent to an activating group) is 1. The van der Waals surface area contributed by atoms with E-state index < -0.39 is 17.1 Å². The number of ether oxygens (including phenoxy) is 1. The van der Waals surface area contributed by atoms with Crippen LogP contribution < -0.4 is 26.6 Å². The molecular weight excluding hydrogens is 441 g/mol. The van der Waals surface area contributed by atoms with E-state index in [1.54, 1.807) is 18.0 Å². The van der Waals surface area contributed by atoms with Crippen LogP contribution in [0, 0.1) is 5.82 Å². The summed E-state index contributed by atoms with van der Waals surface area (Å²) >= 11 is 0. The molecule has 0 aliphatic heterocycles. The van der Waals surface area contributed by atoms with Crippen LogP contribution in [0.5, 0.6) is 5.75 Å². The number of rotatable bonds is 13. The van der Waals surface area contributed by atoms with Crippen molar-refractivity contribution in [2.24, 2.45) is 0 Å². The van der Waals surface area contributed by atoms with Crippen LogP contribution in [0.4, 0.5) is 15.9 Å². The number of aromatic amines is 1. The van der Waals surface area contributed by atoms with Gasteiger partial charge in [0.25, 0.3) is 5.56 Å². The molecule has 9 nitrogen and oxygen atoms in total. The number of nitrogens with zero attached hydrogens (tertiary/aromatic N) is 3. The summed E-state index contributed by atoms with van der Waals surface area (Å²) in [5, 5.41) is 0. The number of unbranched alkanes of at least 4 members (excludes halogenated alkanes) is 3. The van der Waals surface area contributed by atoms with Gasteiger partial charge >= 0.3 is 5.69 Å². The first-order valence-corrected chi connectivity index (χ1v) is 11.7. The SMILES string of the molecule is CCCCCN(C(=O)CN(C)Cc1ccc(OC)c(F)c1)c1c(N)n(CCCC)c(=O)[nH]c1=O. The fraction of sp³-hybridized carbons (Fsp3) is 0.542. The average molecular weight is 478 g/mol. The third-order valence-corrected chi connectivity index (χ3v) is 5.58. The minimum atomic E-state index is -0.681. The first kappa shape index (κ1) is 27.1. The molecule has 0 atom stereocenters. The van der Waals surface area contributed by atoms with Gasteiger partial charge in [0.2, 0.25) is 5.91 Å². The summed E-state index contributed by atoms with van der Waals surface area (Å²) in [6, 6.07) is 4.64. The summed E-state index contributed by atoms with van der Waals surface area (Å²) in [4.78, 5) is 43.8. The summed E-state index contributed by atoms with van der Waals surface area (Å²) in [5.41, 5.74) is 5.66. The Labute approximate surface area is 199 Å². The summed E-state index contributed by atoms with van der Waals surface area (Å²) in [6.45, 7) is 4.98. The molecule has 0 saturated heterocycles. The summed E-state index contributed by atoms with van der Waals surface area (Å²) in [5.74, 6) is -0.663. The van der Waals surface area contributed by atoms with Crippen molar-refractivity contribution in [3.8, 4) is 5.75 Å². The van der Waals surface area contributed by atoms with Crippen LogP contribution in [-0.2, 0) is 17.9 Å². The summed E-state index contributed by atoms with van der Waals surface area (Å²) < 4.78 is 20.3. The smallest absolute Gasteiger partial charge is 0.330 e. The molecule has 34 heavy (non-hydrogen) atoms. The Bertz CT molecular complexity index is 1080. The molecule has 2 rings (SSSR count). The molecule has 3 N–H and O–H groups in total. The predicted octanol–water partition coefficient (Wildman–Crippen LogP) is 2.72. The van der Waals surface area contributed by atoms with Crippen LogP contribution in [0.15, 0.2) is 27.8 Å². The largest absolute Gasteiger partial charge is 0.494 e. The van der Waals surface area contributed by atoms with Gasteiger partial charge in [-0.15, -0.1) is 0 Å². The normalized spacial score (nSPS) is 11.1. The number of hydrogen-bond acceptors (Lipinski definition) is 6. The number of aromatic nitrogens is 2. The number of amides is 1. The topological polar surface area (TPSA) is 114 Å². The number of benzene rings is 1. The highest BCUT2D eigenvalue weighted by Crippen LogP contribution is 2.20. The van der Waals surface area contributed by atoms with Gasteiger partial charge in [-0.3, -0.25) is 24.0 Å². The first-order valence-electron chi connectivity index (χ1n) is 11.7. The molecule has 1 amide bonds. The Morgan fingerprint density at radius 2 is 1.88 bits per heavy atom. The molecule has 2 aromatic rings. The maximum absolute atomic E-state index is 14.0. The van der Waals surface area contributed by atoms with Gasteiger partial charge in [-0.05, 0) is 37.6 Å². The van der Waals surface area contributed by atoms with Gasteiger partial charge < -0.3 is 15.4 Å². The second-order valence-electron chi connectivity index (χ2n) is 8.39. The molecule has 0 aliphatic rings. The van der Waals surface area contributed by atoms with Gasteiger partial charge in [-0.1, -0.05) is 39.2 Å². The molecular formula is C24H36FN5O4. The fourth-order valence-electron chi connectivity index (χ4n) is 3.75. The van der Waals surface area contributed by atoms with Crippen molar-refractivity contribution in [2.45, 2.75) is 59.0 Å². The molecule has 10 heteroatoms. The van der Waals surface area contributed by atoms with E-state index in [1.165, 1.54) is 28.7 Å². The summed E-state index contributed by atoms with van der Waals surface area (Å²) in [7, 11) is 3.13. The van der Waals surface area contributed by atoms with Crippen molar-refractivity contribution in [3.05, 3.63) is 50.4 Å². The van der Waals surface area contributed by atoms with Gasteiger partial charge in [0, 0.05) is 19.6 Å². The van der Waals surface area contributed by atoms with Crippen molar-refractivity contribution in [1.29, 1.82) is 0 Å². The molecule has 0 fully saturated rings. The van der Waals surface area contributed by atoms with Crippen LogP contribution in [0.1, 0.15) is 51.5 Å². The lowest BCUT2D eigenvalue weighted by atomic mass is 10.2. The molecule has 188 valence electrons. The molecule has 0 unspecified atom stereocenters. The zero-order valence-electron chi connectivity index (χ0n) is 20.5. The number of halogens is 1. The molecule has 0 aliphatic carbocycles. The number of hydrogen-bond donors (Lipinski definition) is 2. The molecule has 0 saturated carbocycles. The highest BCUT2D eigenvalue weighted by atomic mass is 19.1. The number of nitrogens with one attached hydrogen (secondary N) is 1. The summed E-state index contributed by atoms with van der Waals surface area (Å²) in [6.07, 6.45) is 4.05. The van der Waals surface area contributed by atoms with E-state index in [0.29, 0.717) is 38.0 Å². The molecule has 0 bridgehead atoms. The number of H-pyrrole nitrogens is 1. The quantitative estimate of drug-likeness (QED) is 0.429. The Balaban J connectivity index is 2.30. The number of carbonyl (C=O) groups is 1. The van der Waals surface area contributed by atoms with E-state index in [0.717, 1.165) is 19.3 Å². The second-order valence-corrected chi connectivity index (χ2v) is 8.39. The van der Waals surface area contributed by atoms with Crippen LogP contribution in [-0.4, -0.2) is 47.6 Å². The average Bonchev–Trinajstić information content (AvgIpc) is 2.77. The van der Waals surface area contributed by atoms with E-state index in [4.69, 9.17) is 10.5 Å². The van der Waals surface area contributed by atoms with Crippen LogP contribution in [0.3, 0.4) is 0 Å². The number of nitrogen functional groups attached to an aromatic ring is 1. The van der Waals surface area contributed by atoms with Crippen LogP contribution in [0.25, 0.3) is 0 Å². The maximum atomic E-state index is 14.0. The highest BCUT2D eigenvalue weighted by molar-refractivity contribution is 5.96. The predicted molar refractivity (Wildman–Crippen MR) is 132 cm³/mol. The number of carbonyl (C=O) groups excluding carboxylic acids is 1. The Kier molecular flexibility index (Phi) is 10.3. The third kappa shape index (κ3) is 6.93. The molecule has 1 heterocycles. The minimum Gasteiger partial charge on any atom is -0.494 e. The minimum absolute atomic E-state index is 0.000646. The van der Waals surface area contributed by atoms with Crippen LogP contribution >= 0.6 is 0 Å². The lowest BCUT2D eigenvalue weighted by Gasteiger charge is -2.27. The van der Waals surface area contributed by atoms with Crippen molar-refractivity contribution in [1.82, 2.24) is 14.5 Å². The van der Waals surface area contributed by atoms with E-state index in [-0.39, 0.29) is 29.7 Å². The Morgan fingerprint density at radius 1 is 1.18 bits per heavy atom. The molecule has 1 aromatic heterocycles. The second kappa shape index (κ2) is 12.9. The van der Waals surface area contributed by atoms with E-state index in [9.17, 15) is 18.8 Å². The van der Waals surface area contributed by atoms with Crippen molar-refractivity contribution in [3.63, 3.8) is 0 Å². The standard InChI is InChI=1S/C24H36FN5O4/c1-5-7-9-13-29(21-22(26)30(12-8-6-2)24(33)27-23(21)32)20(31)16-28(3)15-17-10-11-19(34-4)18(25)14-17/h10-11,14H,5-9,12-13,15-16,26H2,1-4H3,(H,27,32,33). The van der Waals surface area contributed by atoms with Crippen LogP contribution in [0.2, 0.25) is 0 Å². The number of anilines is 2. The Hall–Kier alpha value is -3.14. The Morgan fingerprint density at radius 3 is 2.50 bits per heavy atom. The highest BCUT2D eigenvalue weighted by Gasteiger charge is 2.25. The first-order chi connectivity index (χ1) is 16.2. The van der Waals surface area contributed by atoms with E-state index >= 15 is 0 Å². The molecule has 0 radical (unpaired) electrons. The third-order valence-electron chi connectivity index (χ3n) is 5.58. The lowest BCUT2D eigenvalue weighted by Crippen LogP contribution is -2.45. The zero-order chi connectivity index (χ0) is 25.3. The van der Waals surface area contributed by atoms with Gasteiger partial charge in [-0.25, -0.2) is 9.18 Å². The van der Waals surface area contributed by atoms with Crippen molar-refractivity contribution < 1.29 is 13.9 Å². The van der Waals surface area contributed by atoms with E-state index in [2.05, 4.69) is 4.98 Å². The number of nitrogens with two attached hydrogens (primary N) is 1. The van der Waals surface area contributed by atoms with Gasteiger partial charge in [0.1, 0.15) is 5.82 Å². The van der Waals surface area contributed by atoms with Crippen molar-refractivity contribution in [2.75, 3.05) is 37.9 Å². The zero-order valence-corrected chi connectivity index (χ0v) is 20.5. The molecule has 0 spiro atoms. The van der Waals surface area contributed by atoms with Gasteiger partial charge in [0.05, 0.1) is 13.7 Å². The lowest BCUT2D eigenvalue weighted by molar-refractivity contribution is -0.119. The maximum Gasteiger partial charge on any atom is 0.330 e. The van der Waals surface area contributed by atoms with E-state index in [1.807, 2.05) is 13.8 Å². The monoisotopic (exact) mass is 477 g/mol. The fourth-order valence-corrected chi connectivity index (χ4v) is 3.75.